The summed E-state index contributed by atoms with van der Waals surface area (Å²) >= 11 is 0. The van der Waals surface area contributed by atoms with Gasteiger partial charge in [-0.15, -0.1) is 0 Å². The SMILES string of the molecule is Cc1cc(C#N)ccc1CN1CCC(OCCCN)CC1. The summed E-state index contributed by atoms with van der Waals surface area (Å²) in [4.78, 5) is 2.47. The minimum absolute atomic E-state index is 0.398. The second-order valence-corrected chi connectivity index (χ2v) is 5.74. The predicted octanol–water partition coefficient (Wildman–Crippen LogP) is 2.20. The Bertz CT molecular complexity index is 487. The highest BCUT2D eigenvalue weighted by Gasteiger charge is 2.19. The van der Waals surface area contributed by atoms with E-state index in [0.717, 1.165) is 51.1 Å². The van der Waals surface area contributed by atoms with Crippen molar-refractivity contribution in [3.05, 3.63) is 34.9 Å². The molecule has 1 fully saturated rings. The van der Waals surface area contributed by atoms with Crippen molar-refractivity contribution in [1.29, 1.82) is 5.26 Å². The number of piperidine rings is 1. The number of ether oxygens (including phenoxy) is 1. The second kappa shape index (κ2) is 8.14. The third-order valence-corrected chi connectivity index (χ3v) is 4.10. The minimum atomic E-state index is 0.398. The van der Waals surface area contributed by atoms with Crippen LogP contribution in [0.2, 0.25) is 0 Å². The van der Waals surface area contributed by atoms with Gasteiger partial charge < -0.3 is 10.5 Å². The first-order valence-electron chi connectivity index (χ1n) is 7.76. The summed E-state index contributed by atoms with van der Waals surface area (Å²) < 4.78 is 5.83. The van der Waals surface area contributed by atoms with E-state index in [4.69, 9.17) is 15.7 Å². The third kappa shape index (κ3) is 4.82. The number of nitriles is 1. The van der Waals surface area contributed by atoms with Gasteiger partial charge in [0.25, 0.3) is 0 Å². The van der Waals surface area contributed by atoms with Crippen LogP contribution < -0.4 is 5.73 Å². The van der Waals surface area contributed by atoms with E-state index in [1.807, 2.05) is 12.1 Å². The summed E-state index contributed by atoms with van der Waals surface area (Å²) in [5.74, 6) is 0. The first-order valence-corrected chi connectivity index (χ1v) is 7.76. The number of likely N-dealkylation sites (tertiary alicyclic amines) is 1. The topological polar surface area (TPSA) is 62.3 Å². The van der Waals surface area contributed by atoms with Crippen LogP contribution in [0, 0.1) is 18.3 Å². The molecule has 4 nitrogen and oxygen atoms in total. The molecule has 0 aliphatic carbocycles. The van der Waals surface area contributed by atoms with E-state index in [-0.39, 0.29) is 0 Å². The molecule has 0 bridgehead atoms. The van der Waals surface area contributed by atoms with Crippen LogP contribution in [-0.2, 0) is 11.3 Å². The molecule has 0 atom stereocenters. The number of benzene rings is 1. The molecule has 2 rings (SSSR count). The molecule has 1 aromatic carbocycles. The highest BCUT2D eigenvalue weighted by molar-refractivity contribution is 5.37. The molecule has 0 radical (unpaired) electrons. The predicted molar refractivity (Wildman–Crippen MR) is 83.8 cm³/mol. The Morgan fingerprint density at radius 2 is 2.14 bits per heavy atom. The highest BCUT2D eigenvalue weighted by atomic mass is 16.5. The van der Waals surface area contributed by atoms with Gasteiger partial charge >= 0.3 is 0 Å². The zero-order valence-corrected chi connectivity index (χ0v) is 12.8. The summed E-state index contributed by atoms with van der Waals surface area (Å²) in [7, 11) is 0. The molecule has 2 N–H and O–H groups in total. The lowest BCUT2D eigenvalue weighted by Crippen LogP contribution is -2.37. The van der Waals surface area contributed by atoms with Crippen molar-refractivity contribution in [2.45, 2.75) is 38.8 Å². The lowest BCUT2D eigenvalue weighted by molar-refractivity contribution is 0.00560. The molecular formula is C17H25N3O. The summed E-state index contributed by atoms with van der Waals surface area (Å²) in [6.07, 6.45) is 3.54. The summed E-state index contributed by atoms with van der Waals surface area (Å²) in [5, 5.41) is 8.91. The van der Waals surface area contributed by atoms with E-state index in [1.54, 1.807) is 0 Å². The van der Waals surface area contributed by atoms with Crippen LogP contribution in [0.3, 0.4) is 0 Å². The van der Waals surface area contributed by atoms with Gasteiger partial charge in [0.15, 0.2) is 0 Å². The van der Waals surface area contributed by atoms with E-state index in [0.29, 0.717) is 12.6 Å². The van der Waals surface area contributed by atoms with E-state index in [9.17, 15) is 0 Å². The number of hydrogen-bond acceptors (Lipinski definition) is 4. The van der Waals surface area contributed by atoms with Gasteiger partial charge in [-0.2, -0.15) is 5.26 Å². The van der Waals surface area contributed by atoms with Crippen molar-refractivity contribution >= 4 is 0 Å². The molecule has 1 aliphatic rings. The standard InChI is InChI=1S/C17H25N3O/c1-14-11-15(12-19)3-4-16(14)13-20-8-5-17(6-9-20)21-10-2-7-18/h3-4,11,17H,2,5-10,13,18H2,1H3. The Morgan fingerprint density at radius 3 is 2.76 bits per heavy atom. The quantitative estimate of drug-likeness (QED) is 0.815. The lowest BCUT2D eigenvalue weighted by atomic mass is 10.0. The van der Waals surface area contributed by atoms with Gasteiger partial charge in [0.1, 0.15) is 0 Å². The molecule has 1 aliphatic heterocycles. The fourth-order valence-corrected chi connectivity index (χ4v) is 2.75. The lowest BCUT2D eigenvalue weighted by Gasteiger charge is -2.32. The first-order chi connectivity index (χ1) is 10.2. The minimum Gasteiger partial charge on any atom is -0.378 e. The fourth-order valence-electron chi connectivity index (χ4n) is 2.75. The average molecular weight is 287 g/mol. The Hall–Kier alpha value is -1.41. The third-order valence-electron chi connectivity index (χ3n) is 4.10. The number of rotatable bonds is 6. The van der Waals surface area contributed by atoms with Crippen LogP contribution in [0.25, 0.3) is 0 Å². The van der Waals surface area contributed by atoms with Gasteiger partial charge in [0, 0.05) is 26.2 Å². The molecule has 21 heavy (non-hydrogen) atoms. The molecule has 114 valence electrons. The fraction of sp³-hybridized carbons (Fsp3) is 0.588. The van der Waals surface area contributed by atoms with Gasteiger partial charge in [-0.3, -0.25) is 4.90 Å². The van der Waals surface area contributed by atoms with Crippen molar-refractivity contribution in [1.82, 2.24) is 4.90 Å². The van der Waals surface area contributed by atoms with Gasteiger partial charge in [0.2, 0.25) is 0 Å². The van der Waals surface area contributed by atoms with Crippen molar-refractivity contribution in [2.75, 3.05) is 26.2 Å². The number of aryl methyl sites for hydroxylation is 1. The van der Waals surface area contributed by atoms with Crippen molar-refractivity contribution in [3.63, 3.8) is 0 Å². The summed E-state index contributed by atoms with van der Waals surface area (Å²) in [6.45, 7) is 6.69. The highest BCUT2D eigenvalue weighted by Crippen LogP contribution is 2.18. The number of nitrogens with two attached hydrogens (primary N) is 1. The number of hydrogen-bond donors (Lipinski definition) is 1. The van der Waals surface area contributed by atoms with E-state index >= 15 is 0 Å². The number of nitrogens with zero attached hydrogens (tertiary/aromatic N) is 2. The van der Waals surface area contributed by atoms with Gasteiger partial charge in [-0.1, -0.05) is 6.07 Å². The zero-order chi connectivity index (χ0) is 15.1. The maximum atomic E-state index is 8.91. The summed E-state index contributed by atoms with van der Waals surface area (Å²) in [5.41, 5.74) is 8.74. The maximum absolute atomic E-state index is 8.91. The van der Waals surface area contributed by atoms with Crippen LogP contribution in [0.1, 0.15) is 36.0 Å². The maximum Gasteiger partial charge on any atom is 0.0991 e. The van der Waals surface area contributed by atoms with Gasteiger partial charge in [-0.05, 0) is 56.0 Å². The van der Waals surface area contributed by atoms with E-state index < -0.39 is 0 Å². The molecule has 0 saturated carbocycles. The Balaban J connectivity index is 1.80. The van der Waals surface area contributed by atoms with Crippen molar-refractivity contribution < 1.29 is 4.74 Å². The van der Waals surface area contributed by atoms with E-state index in [2.05, 4.69) is 24.0 Å². The molecular weight excluding hydrogens is 262 g/mol. The first kappa shape index (κ1) is 16.0. The van der Waals surface area contributed by atoms with Crippen LogP contribution >= 0.6 is 0 Å². The van der Waals surface area contributed by atoms with Gasteiger partial charge in [0.05, 0.1) is 17.7 Å². The van der Waals surface area contributed by atoms with Crippen LogP contribution in [0.15, 0.2) is 18.2 Å². The Morgan fingerprint density at radius 1 is 1.38 bits per heavy atom. The van der Waals surface area contributed by atoms with Crippen molar-refractivity contribution in [3.8, 4) is 6.07 Å². The van der Waals surface area contributed by atoms with Gasteiger partial charge in [-0.25, -0.2) is 0 Å². The second-order valence-electron chi connectivity index (χ2n) is 5.74. The Kier molecular flexibility index (Phi) is 6.19. The molecule has 1 aromatic rings. The molecule has 0 spiro atoms. The molecule has 1 heterocycles. The van der Waals surface area contributed by atoms with Crippen LogP contribution in [0.5, 0.6) is 0 Å². The monoisotopic (exact) mass is 287 g/mol. The van der Waals surface area contributed by atoms with E-state index in [1.165, 1.54) is 11.1 Å². The normalized spacial score (nSPS) is 16.8. The summed E-state index contributed by atoms with van der Waals surface area (Å²) in [6, 6.07) is 8.15. The molecule has 0 aromatic heterocycles. The van der Waals surface area contributed by atoms with Crippen molar-refractivity contribution in [2.24, 2.45) is 5.73 Å². The molecule has 0 amide bonds. The average Bonchev–Trinajstić information content (AvgIpc) is 2.51. The molecule has 0 unspecified atom stereocenters. The van der Waals surface area contributed by atoms with Crippen LogP contribution in [0.4, 0.5) is 0 Å². The molecule has 1 saturated heterocycles. The zero-order valence-electron chi connectivity index (χ0n) is 12.8. The Labute approximate surface area is 127 Å². The largest absolute Gasteiger partial charge is 0.378 e. The van der Waals surface area contributed by atoms with Crippen LogP contribution in [-0.4, -0.2) is 37.2 Å². The molecule has 4 heteroatoms. The smallest absolute Gasteiger partial charge is 0.0991 e.